The monoisotopic (exact) mass is 338 g/mol. The zero-order valence-electron chi connectivity index (χ0n) is 13.7. The number of anilines is 1. The molecule has 4 heteroatoms. The molecule has 3 aromatic rings. The zero-order valence-corrected chi connectivity index (χ0v) is 14.5. The Kier molecular flexibility index (Phi) is 4.72. The molecule has 0 saturated heterocycles. The molecule has 1 N–H and O–H groups in total. The number of halogens is 1. The van der Waals surface area contributed by atoms with Gasteiger partial charge in [0.05, 0.1) is 17.3 Å². The molecule has 0 amide bonds. The topological polar surface area (TPSA) is 34.0 Å². The summed E-state index contributed by atoms with van der Waals surface area (Å²) in [6.45, 7) is 4.20. The minimum Gasteiger partial charge on any atom is -0.376 e. The van der Waals surface area contributed by atoms with Crippen molar-refractivity contribution >= 4 is 23.1 Å². The van der Waals surface area contributed by atoms with E-state index in [4.69, 9.17) is 11.6 Å². The maximum Gasteiger partial charge on any atom is 0.183 e. The number of ketones is 1. The summed E-state index contributed by atoms with van der Waals surface area (Å²) in [5.41, 5.74) is 4.55. The molecule has 0 atom stereocenters. The third-order valence-corrected chi connectivity index (χ3v) is 4.39. The number of nitrogens with one attached hydrogen (secondary N) is 1. The van der Waals surface area contributed by atoms with E-state index in [1.54, 1.807) is 6.07 Å². The van der Waals surface area contributed by atoms with Gasteiger partial charge < -0.3 is 9.88 Å². The van der Waals surface area contributed by atoms with E-state index < -0.39 is 0 Å². The molecule has 0 spiro atoms. The van der Waals surface area contributed by atoms with E-state index in [1.165, 1.54) is 0 Å². The maximum absolute atomic E-state index is 12.6. The second-order valence-corrected chi connectivity index (χ2v) is 6.12. The van der Waals surface area contributed by atoms with Crippen molar-refractivity contribution in [1.82, 2.24) is 4.57 Å². The normalized spacial score (nSPS) is 10.6. The van der Waals surface area contributed by atoms with Gasteiger partial charge in [-0.3, -0.25) is 4.79 Å². The molecule has 1 aromatic heterocycles. The van der Waals surface area contributed by atoms with Gasteiger partial charge in [0.2, 0.25) is 0 Å². The van der Waals surface area contributed by atoms with Crippen LogP contribution in [0.15, 0.2) is 60.7 Å². The predicted molar refractivity (Wildman–Crippen MR) is 99.5 cm³/mol. The van der Waals surface area contributed by atoms with Crippen molar-refractivity contribution in [3.63, 3.8) is 0 Å². The lowest BCUT2D eigenvalue weighted by Gasteiger charge is -2.10. The van der Waals surface area contributed by atoms with Crippen LogP contribution in [0.1, 0.15) is 21.7 Å². The summed E-state index contributed by atoms with van der Waals surface area (Å²) in [5, 5.41) is 3.73. The molecule has 0 fully saturated rings. The van der Waals surface area contributed by atoms with Crippen LogP contribution in [0, 0.1) is 13.8 Å². The van der Waals surface area contributed by atoms with Crippen LogP contribution in [0.4, 0.5) is 5.69 Å². The van der Waals surface area contributed by atoms with E-state index in [0.29, 0.717) is 5.02 Å². The summed E-state index contributed by atoms with van der Waals surface area (Å²) in [5.74, 6) is 0.0465. The second kappa shape index (κ2) is 6.93. The summed E-state index contributed by atoms with van der Waals surface area (Å²) in [6, 6.07) is 19.4. The Morgan fingerprint density at radius 2 is 1.71 bits per heavy atom. The molecule has 0 bridgehead atoms. The second-order valence-electron chi connectivity index (χ2n) is 5.71. The number of benzene rings is 2. The van der Waals surface area contributed by atoms with Gasteiger partial charge in [-0.25, -0.2) is 0 Å². The van der Waals surface area contributed by atoms with Crippen LogP contribution >= 0.6 is 11.6 Å². The molecule has 0 unspecified atom stereocenters. The van der Waals surface area contributed by atoms with Gasteiger partial charge in [-0.1, -0.05) is 41.9 Å². The largest absolute Gasteiger partial charge is 0.376 e. The number of hydrogen-bond acceptors (Lipinski definition) is 2. The molecular weight excluding hydrogens is 320 g/mol. The van der Waals surface area contributed by atoms with Crippen molar-refractivity contribution in [2.45, 2.75) is 13.8 Å². The van der Waals surface area contributed by atoms with Crippen LogP contribution < -0.4 is 5.32 Å². The first kappa shape index (κ1) is 16.3. The van der Waals surface area contributed by atoms with Gasteiger partial charge in [0.25, 0.3) is 0 Å². The number of aromatic nitrogens is 1. The lowest BCUT2D eigenvalue weighted by molar-refractivity contribution is 0.101. The third kappa shape index (κ3) is 3.22. The molecule has 122 valence electrons. The van der Waals surface area contributed by atoms with Crippen molar-refractivity contribution in [2.24, 2.45) is 0 Å². The van der Waals surface area contributed by atoms with E-state index in [0.717, 1.165) is 28.3 Å². The van der Waals surface area contributed by atoms with E-state index in [-0.39, 0.29) is 12.3 Å². The van der Waals surface area contributed by atoms with Gasteiger partial charge in [-0.15, -0.1) is 0 Å². The van der Waals surface area contributed by atoms with Crippen molar-refractivity contribution in [3.8, 4) is 5.69 Å². The van der Waals surface area contributed by atoms with Gasteiger partial charge in [0.15, 0.2) is 5.78 Å². The highest BCUT2D eigenvalue weighted by Crippen LogP contribution is 2.23. The molecule has 3 rings (SSSR count). The van der Waals surface area contributed by atoms with Gasteiger partial charge >= 0.3 is 0 Å². The SMILES string of the molecule is Cc1cc(C(=O)CNc2ccccc2Cl)c(C)n1-c1ccccc1. The van der Waals surface area contributed by atoms with Crippen molar-refractivity contribution in [3.05, 3.63) is 82.6 Å². The lowest BCUT2D eigenvalue weighted by atomic mass is 10.1. The van der Waals surface area contributed by atoms with Crippen LogP contribution in [0.3, 0.4) is 0 Å². The molecule has 1 heterocycles. The fourth-order valence-electron chi connectivity index (χ4n) is 2.89. The average Bonchev–Trinajstić information content (AvgIpc) is 2.89. The fourth-order valence-corrected chi connectivity index (χ4v) is 3.10. The number of carbonyl (C=O) groups excluding carboxylic acids is 1. The number of para-hydroxylation sites is 2. The smallest absolute Gasteiger partial charge is 0.183 e. The summed E-state index contributed by atoms with van der Waals surface area (Å²) >= 11 is 6.12. The highest BCUT2D eigenvalue weighted by molar-refractivity contribution is 6.33. The zero-order chi connectivity index (χ0) is 17.1. The Labute approximate surface area is 146 Å². The molecule has 24 heavy (non-hydrogen) atoms. The van der Waals surface area contributed by atoms with Crippen molar-refractivity contribution < 1.29 is 4.79 Å². The summed E-state index contributed by atoms with van der Waals surface area (Å²) in [7, 11) is 0. The van der Waals surface area contributed by atoms with Gasteiger partial charge in [0.1, 0.15) is 0 Å². The van der Waals surface area contributed by atoms with Crippen LogP contribution in [0.25, 0.3) is 5.69 Å². The highest BCUT2D eigenvalue weighted by atomic mass is 35.5. The third-order valence-electron chi connectivity index (χ3n) is 4.06. The van der Waals surface area contributed by atoms with Crippen molar-refractivity contribution in [1.29, 1.82) is 0 Å². The lowest BCUT2D eigenvalue weighted by Crippen LogP contribution is -2.15. The van der Waals surface area contributed by atoms with Gasteiger partial charge in [-0.2, -0.15) is 0 Å². The Morgan fingerprint density at radius 3 is 2.42 bits per heavy atom. The minimum atomic E-state index is 0.0465. The molecule has 0 radical (unpaired) electrons. The molecule has 0 saturated carbocycles. The Bertz CT molecular complexity index is 869. The predicted octanol–water partition coefficient (Wildman–Crippen LogP) is 5.04. The van der Waals surface area contributed by atoms with E-state index in [1.807, 2.05) is 68.4 Å². The summed E-state index contributed by atoms with van der Waals surface area (Å²) in [6.07, 6.45) is 0. The van der Waals surface area contributed by atoms with E-state index in [9.17, 15) is 4.79 Å². The van der Waals surface area contributed by atoms with Gasteiger partial charge in [-0.05, 0) is 44.2 Å². The van der Waals surface area contributed by atoms with Crippen LogP contribution in [0.2, 0.25) is 5.02 Å². The Balaban J connectivity index is 1.83. The van der Waals surface area contributed by atoms with Crippen molar-refractivity contribution in [2.75, 3.05) is 11.9 Å². The number of carbonyl (C=O) groups is 1. The number of aryl methyl sites for hydroxylation is 1. The van der Waals surface area contributed by atoms with Crippen LogP contribution in [-0.4, -0.2) is 16.9 Å². The number of nitrogens with zero attached hydrogens (tertiary/aromatic N) is 1. The quantitative estimate of drug-likeness (QED) is 0.661. The number of Topliss-reactive ketones (excluding diaryl/α,β-unsaturated/α-hetero) is 1. The average molecular weight is 339 g/mol. The minimum absolute atomic E-state index is 0.0465. The van der Waals surface area contributed by atoms with Crippen LogP contribution in [-0.2, 0) is 0 Å². The molecular formula is C20H19ClN2O. The molecule has 2 aromatic carbocycles. The maximum atomic E-state index is 12.6. The first-order valence-corrected chi connectivity index (χ1v) is 8.21. The first-order chi connectivity index (χ1) is 11.6. The fraction of sp³-hybridized carbons (Fsp3) is 0.150. The summed E-state index contributed by atoms with van der Waals surface area (Å²) < 4.78 is 2.10. The number of hydrogen-bond donors (Lipinski definition) is 1. The van der Waals surface area contributed by atoms with Crippen LogP contribution in [0.5, 0.6) is 0 Å². The number of rotatable bonds is 5. The molecule has 0 aliphatic heterocycles. The van der Waals surface area contributed by atoms with Gasteiger partial charge in [0, 0.05) is 22.6 Å². The molecule has 0 aliphatic rings. The molecule has 0 aliphatic carbocycles. The Morgan fingerprint density at radius 1 is 1.04 bits per heavy atom. The highest BCUT2D eigenvalue weighted by Gasteiger charge is 2.16. The molecule has 3 nitrogen and oxygen atoms in total. The first-order valence-electron chi connectivity index (χ1n) is 7.84. The Hall–Kier alpha value is -2.52. The van der Waals surface area contributed by atoms with E-state index in [2.05, 4.69) is 9.88 Å². The standard InChI is InChI=1S/C20H19ClN2O/c1-14-12-17(15(2)23(14)16-8-4-3-5-9-16)20(24)13-22-19-11-7-6-10-18(19)21/h3-12,22H,13H2,1-2H3. The summed E-state index contributed by atoms with van der Waals surface area (Å²) in [4.78, 5) is 12.6. The van der Waals surface area contributed by atoms with E-state index >= 15 is 0 Å².